The fourth-order valence-electron chi connectivity index (χ4n) is 4.21. The fourth-order valence-corrected chi connectivity index (χ4v) is 4.21. The van der Waals surface area contributed by atoms with Crippen molar-refractivity contribution in [1.29, 1.82) is 5.26 Å². The van der Waals surface area contributed by atoms with Crippen molar-refractivity contribution in [3.05, 3.63) is 89.1 Å². The number of aromatic nitrogens is 2. The zero-order valence-electron chi connectivity index (χ0n) is 20.1. The van der Waals surface area contributed by atoms with E-state index in [2.05, 4.69) is 6.92 Å². The van der Waals surface area contributed by atoms with Crippen LogP contribution in [0, 0.1) is 11.3 Å². The third-order valence-corrected chi connectivity index (χ3v) is 6.17. The highest BCUT2D eigenvalue weighted by atomic mass is 16.2. The fraction of sp³-hybridized carbons (Fsp3) is 0.241. The summed E-state index contributed by atoms with van der Waals surface area (Å²) in [5.41, 5.74) is 4.02. The van der Waals surface area contributed by atoms with Crippen LogP contribution in [0.4, 0.5) is 0 Å². The van der Waals surface area contributed by atoms with Crippen LogP contribution < -0.4 is 0 Å². The van der Waals surface area contributed by atoms with Crippen LogP contribution in [0.2, 0.25) is 0 Å². The minimum absolute atomic E-state index is 0.0167. The lowest BCUT2D eigenvalue weighted by Crippen LogP contribution is -2.43. The lowest BCUT2D eigenvalue weighted by Gasteiger charge is -2.27. The number of nitrogens with zero attached hydrogens (tertiary/aromatic N) is 4. The molecule has 0 unspecified atom stereocenters. The smallest absolute Gasteiger partial charge is 0.271 e. The normalized spacial score (nSPS) is 15.1. The summed E-state index contributed by atoms with van der Waals surface area (Å²) in [6.07, 6.45) is 7.38. The summed E-state index contributed by atoms with van der Waals surface area (Å²) in [7, 11) is 0. The molecule has 3 aromatic rings. The van der Waals surface area contributed by atoms with E-state index < -0.39 is 5.91 Å². The first-order valence-electron chi connectivity index (χ1n) is 11.9. The molecule has 0 bridgehead atoms. The largest absolute Gasteiger partial charge is 0.274 e. The van der Waals surface area contributed by atoms with Crippen molar-refractivity contribution >= 4 is 17.9 Å². The highest BCUT2D eigenvalue weighted by molar-refractivity contribution is 6.19. The number of imide groups is 1. The highest BCUT2D eigenvalue weighted by Crippen LogP contribution is 2.31. The van der Waals surface area contributed by atoms with Crippen LogP contribution in [0.5, 0.6) is 0 Å². The molecule has 0 radical (unpaired) electrons. The molecular weight excluding hydrogens is 436 g/mol. The van der Waals surface area contributed by atoms with Gasteiger partial charge in [0, 0.05) is 29.4 Å². The van der Waals surface area contributed by atoms with Crippen molar-refractivity contribution in [2.75, 3.05) is 6.54 Å². The number of nitriles is 1. The molecule has 6 nitrogen and oxygen atoms in total. The Hall–Kier alpha value is -4.24. The lowest BCUT2D eigenvalue weighted by molar-refractivity contribution is -0.140. The van der Waals surface area contributed by atoms with Gasteiger partial charge in [0.15, 0.2) is 0 Å². The standard InChI is InChI=1S/C29H28N4O2/c1-3-4-5-12-17-32-28(34)25(21(2)26(19-30)29(32)35)18-23-20-33(24-15-10-7-11-16-24)31-27(23)22-13-8-6-9-14-22/h6-11,13-16,18,20H,3-5,12,17H2,1-2H3/b25-18+. The van der Waals surface area contributed by atoms with E-state index in [1.165, 1.54) is 4.90 Å². The van der Waals surface area contributed by atoms with Crippen LogP contribution in [-0.4, -0.2) is 33.0 Å². The second kappa shape index (κ2) is 10.8. The average Bonchev–Trinajstić information content (AvgIpc) is 3.31. The Morgan fingerprint density at radius 2 is 1.63 bits per heavy atom. The predicted octanol–water partition coefficient (Wildman–Crippen LogP) is 5.71. The second-order valence-electron chi connectivity index (χ2n) is 8.57. The first-order chi connectivity index (χ1) is 17.0. The van der Waals surface area contributed by atoms with Gasteiger partial charge < -0.3 is 0 Å². The Morgan fingerprint density at radius 3 is 2.29 bits per heavy atom. The van der Waals surface area contributed by atoms with E-state index in [1.54, 1.807) is 17.7 Å². The van der Waals surface area contributed by atoms with Crippen LogP contribution in [-0.2, 0) is 9.59 Å². The van der Waals surface area contributed by atoms with E-state index in [-0.39, 0.29) is 11.5 Å². The van der Waals surface area contributed by atoms with E-state index in [0.29, 0.717) is 23.4 Å². The number of para-hydroxylation sites is 1. The van der Waals surface area contributed by atoms with Crippen molar-refractivity contribution < 1.29 is 9.59 Å². The van der Waals surface area contributed by atoms with Crippen molar-refractivity contribution in [2.45, 2.75) is 39.5 Å². The van der Waals surface area contributed by atoms with Gasteiger partial charge in [-0.2, -0.15) is 10.4 Å². The molecule has 0 saturated carbocycles. The Labute approximate surface area is 205 Å². The van der Waals surface area contributed by atoms with Gasteiger partial charge >= 0.3 is 0 Å². The van der Waals surface area contributed by atoms with Gasteiger partial charge in [0.25, 0.3) is 11.8 Å². The molecular formula is C29H28N4O2. The van der Waals surface area contributed by atoms with Gasteiger partial charge in [-0.15, -0.1) is 0 Å². The van der Waals surface area contributed by atoms with E-state index in [4.69, 9.17) is 5.10 Å². The zero-order chi connectivity index (χ0) is 24.8. The second-order valence-corrected chi connectivity index (χ2v) is 8.57. The minimum atomic E-state index is -0.507. The van der Waals surface area contributed by atoms with Crippen LogP contribution >= 0.6 is 0 Å². The maximum absolute atomic E-state index is 13.5. The molecule has 2 amide bonds. The number of amides is 2. The number of carbonyl (C=O) groups is 2. The average molecular weight is 465 g/mol. The summed E-state index contributed by atoms with van der Waals surface area (Å²) < 4.78 is 1.78. The van der Waals surface area contributed by atoms with E-state index in [0.717, 1.165) is 42.5 Å². The Morgan fingerprint density at radius 1 is 0.943 bits per heavy atom. The third kappa shape index (κ3) is 4.99. The van der Waals surface area contributed by atoms with Gasteiger partial charge in [-0.05, 0) is 37.1 Å². The van der Waals surface area contributed by atoms with E-state index >= 15 is 0 Å². The van der Waals surface area contributed by atoms with E-state index in [9.17, 15) is 14.9 Å². The zero-order valence-corrected chi connectivity index (χ0v) is 20.1. The van der Waals surface area contributed by atoms with Crippen LogP contribution in [0.3, 0.4) is 0 Å². The van der Waals surface area contributed by atoms with Gasteiger partial charge in [0.2, 0.25) is 0 Å². The summed E-state index contributed by atoms with van der Waals surface area (Å²) in [5.74, 6) is -0.874. The molecule has 0 fully saturated rings. The minimum Gasteiger partial charge on any atom is -0.274 e. The topological polar surface area (TPSA) is 79.0 Å². The molecule has 1 aromatic heterocycles. The monoisotopic (exact) mass is 464 g/mol. The number of hydrogen-bond donors (Lipinski definition) is 0. The molecule has 4 rings (SSSR count). The molecule has 35 heavy (non-hydrogen) atoms. The summed E-state index contributed by atoms with van der Waals surface area (Å²) >= 11 is 0. The number of carbonyl (C=O) groups excluding carboxylic acids is 2. The molecule has 2 aromatic carbocycles. The molecule has 1 aliphatic rings. The molecule has 0 N–H and O–H groups in total. The van der Waals surface area contributed by atoms with Crippen LogP contribution in [0.15, 0.2) is 83.6 Å². The maximum atomic E-state index is 13.5. The van der Waals surface area contributed by atoms with Crippen molar-refractivity contribution in [3.8, 4) is 23.0 Å². The van der Waals surface area contributed by atoms with Crippen LogP contribution in [0.1, 0.15) is 45.1 Å². The summed E-state index contributed by atoms with van der Waals surface area (Å²) in [4.78, 5) is 27.6. The number of benzene rings is 2. The molecule has 2 heterocycles. The van der Waals surface area contributed by atoms with Crippen molar-refractivity contribution in [1.82, 2.24) is 14.7 Å². The summed E-state index contributed by atoms with van der Waals surface area (Å²) in [5, 5.41) is 14.5. The molecule has 0 aliphatic carbocycles. The number of unbranched alkanes of at least 4 members (excludes halogenated alkanes) is 3. The number of rotatable bonds is 8. The summed E-state index contributed by atoms with van der Waals surface area (Å²) in [6.45, 7) is 4.08. The van der Waals surface area contributed by atoms with Crippen molar-refractivity contribution in [2.24, 2.45) is 0 Å². The Bertz CT molecular complexity index is 1330. The number of hydrogen-bond acceptors (Lipinski definition) is 4. The molecule has 176 valence electrons. The first-order valence-corrected chi connectivity index (χ1v) is 11.9. The van der Waals surface area contributed by atoms with Crippen molar-refractivity contribution in [3.63, 3.8) is 0 Å². The van der Waals surface area contributed by atoms with Gasteiger partial charge in [-0.1, -0.05) is 74.7 Å². The highest BCUT2D eigenvalue weighted by Gasteiger charge is 2.35. The van der Waals surface area contributed by atoms with Gasteiger partial charge in [0.1, 0.15) is 11.6 Å². The molecule has 6 heteroatoms. The van der Waals surface area contributed by atoms with Gasteiger partial charge in [-0.25, -0.2) is 4.68 Å². The lowest BCUT2D eigenvalue weighted by atomic mass is 9.93. The first kappa shape index (κ1) is 23.9. The molecule has 0 atom stereocenters. The Kier molecular flexibility index (Phi) is 7.37. The third-order valence-electron chi connectivity index (χ3n) is 6.17. The maximum Gasteiger partial charge on any atom is 0.271 e. The predicted molar refractivity (Wildman–Crippen MR) is 136 cm³/mol. The quantitative estimate of drug-likeness (QED) is 0.243. The van der Waals surface area contributed by atoms with E-state index in [1.807, 2.05) is 72.9 Å². The molecule has 1 aliphatic heterocycles. The SMILES string of the molecule is CCCCCCN1C(=O)C(C#N)=C(C)/C(=C\c2cn(-c3ccccc3)nc2-c2ccccc2)C1=O. The van der Waals surface area contributed by atoms with Gasteiger partial charge in [0.05, 0.1) is 11.4 Å². The Balaban J connectivity index is 1.81. The molecule has 0 saturated heterocycles. The van der Waals surface area contributed by atoms with Gasteiger partial charge in [-0.3, -0.25) is 14.5 Å². The van der Waals surface area contributed by atoms with Crippen LogP contribution in [0.25, 0.3) is 23.0 Å². The molecule has 0 spiro atoms. The summed E-state index contributed by atoms with van der Waals surface area (Å²) in [6, 6.07) is 21.5.